The number of nitrogens with one attached hydrogen (secondary N) is 1. The Bertz CT molecular complexity index is 823. The quantitative estimate of drug-likeness (QED) is 0.858. The standard InChI is InChI=1S/C17H23N3O3S/c1-23-17-15(9-14-5-3-4-6-16(14)19-17)12-20-8-7-13(11-20)10-18-24(2,21)22/h3-6,9,13,18H,7-8,10-12H2,1-2H3/t13-/m0/s1. The lowest BCUT2D eigenvalue weighted by Crippen LogP contribution is -2.30. The van der Waals surface area contributed by atoms with E-state index in [0.29, 0.717) is 18.3 Å². The van der Waals surface area contributed by atoms with Crippen molar-refractivity contribution >= 4 is 20.9 Å². The van der Waals surface area contributed by atoms with Crippen LogP contribution in [0, 0.1) is 5.92 Å². The topological polar surface area (TPSA) is 71.5 Å². The molecule has 6 nitrogen and oxygen atoms in total. The number of methoxy groups -OCH3 is 1. The van der Waals surface area contributed by atoms with E-state index in [9.17, 15) is 8.42 Å². The number of likely N-dealkylation sites (tertiary alicyclic amines) is 1. The minimum atomic E-state index is -3.12. The van der Waals surface area contributed by atoms with Gasteiger partial charge in [-0.15, -0.1) is 0 Å². The Morgan fingerprint density at radius 2 is 2.17 bits per heavy atom. The van der Waals surface area contributed by atoms with Gasteiger partial charge in [0.25, 0.3) is 0 Å². The number of benzene rings is 1. The van der Waals surface area contributed by atoms with Gasteiger partial charge in [0.15, 0.2) is 0 Å². The largest absolute Gasteiger partial charge is 0.481 e. The van der Waals surface area contributed by atoms with Crippen molar-refractivity contribution in [2.24, 2.45) is 5.92 Å². The monoisotopic (exact) mass is 349 g/mol. The van der Waals surface area contributed by atoms with Crippen LogP contribution >= 0.6 is 0 Å². The van der Waals surface area contributed by atoms with E-state index in [1.54, 1.807) is 7.11 Å². The van der Waals surface area contributed by atoms with Gasteiger partial charge >= 0.3 is 0 Å². The molecule has 1 aromatic carbocycles. The number of para-hydroxylation sites is 1. The fourth-order valence-electron chi connectivity index (χ4n) is 3.17. The van der Waals surface area contributed by atoms with Crippen molar-refractivity contribution in [3.05, 3.63) is 35.9 Å². The molecule has 24 heavy (non-hydrogen) atoms. The van der Waals surface area contributed by atoms with Gasteiger partial charge in [-0.2, -0.15) is 0 Å². The molecule has 2 aromatic rings. The molecule has 2 heterocycles. The molecular weight excluding hydrogens is 326 g/mol. The summed E-state index contributed by atoms with van der Waals surface area (Å²) in [6.45, 7) is 3.09. The molecule has 1 N–H and O–H groups in total. The Morgan fingerprint density at radius 3 is 2.92 bits per heavy atom. The molecule has 0 spiro atoms. The Labute approximate surface area is 142 Å². The second-order valence-corrected chi connectivity index (χ2v) is 8.19. The van der Waals surface area contributed by atoms with Crippen molar-refractivity contribution in [3.8, 4) is 5.88 Å². The van der Waals surface area contributed by atoms with Crippen molar-refractivity contribution in [1.29, 1.82) is 0 Å². The van der Waals surface area contributed by atoms with E-state index in [-0.39, 0.29) is 0 Å². The summed E-state index contributed by atoms with van der Waals surface area (Å²) in [4.78, 5) is 6.91. The molecule has 0 unspecified atom stereocenters. The number of nitrogens with zero attached hydrogens (tertiary/aromatic N) is 2. The highest BCUT2D eigenvalue weighted by Gasteiger charge is 2.24. The summed E-state index contributed by atoms with van der Waals surface area (Å²) < 4.78 is 30.5. The minimum Gasteiger partial charge on any atom is -0.481 e. The maximum atomic E-state index is 11.2. The van der Waals surface area contributed by atoms with Crippen LogP contribution in [0.3, 0.4) is 0 Å². The van der Waals surface area contributed by atoms with Crippen LogP contribution in [0.1, 0.15) is 12.0 Å². The third-order valence-electron chi connectivity index (χ3n) is 4.35. The lowest BCUT2D eigenvalue weighted by atomic mass is 10.1. The molecule has 1 atom stereocenters. The predicted molar refractivity (Wildman–Crippen MR) is 94.5 cm³/mol. The average Bonchev–Trinajstić information content (AvgIpc) is 2.99. The number of pyridine rings is 1. The van der Waals surface area contributed by atoms with Gasteiger partial charge in [0.05, 0.1) is 18.9 Å². The van der Waals surface area contributed by atoms with E-state index in [2.05, 4.69) is 20.7 Å². The van der Waals surface area contributed by atoms with E-state index in [1.165, 1.54) is 6.26 Å². The zero-order chi connectivity index (χ0) is 17.2. The molecule has 3 rings (SSSR count). The molecule has 1 aliphatic rings. The molecule has 130 valence electrons. The highest BCUT2D eigenvalue weighted by Crippen LogP contribution is 2.26. The van der Waals surface area contributed by atoms with Crippen LogP contribution in [0.25, 0.3) is 10.9 Å². The second-order valence-electron chi connectivity index (χ2n) is 6.36. The number of sulfonamides is 1. The summed E-state index contributed by atoms with van der Waals surface area (Å²) in [6, 6.07) is 10.1. The van der Waals surface area contributed by atoms with Crippen LogP contribution in [-0.4, -0.2) is 51.3 Å². The van der Waals surface area contributed by atoms with E-state index >= 15 is 0 Å². The average molecular weight is 349 g/mol. The minimum absolute atomic E-state index is 0.346. The number of ether oxygens (including phenoxy) is 1. The van der Waals surface area contributed by atoms with Crippen LogP contribution in [0.2, 0.25) is 0 Å². The highest BCUT2D eigenvalue weighted by atomic mass is 32.2. The lowest BCUT2D eigenvalue weighted by molar-refractivity contribution is 0.306. The number of hydrogen-bond donors (Lipinski definition) is 1. The first-order chi connectivity index (χ1) is 11.4. The zero-order valence-electron chi connectivity index (χ0n) is 14.0. The van der Waals surface area contributed by atoms with Crippen molar-refractivity contribution in [3.63, 3.8) is 0 Å². The van der Waals surface area contributed by atoms with Crippen LogP contribution in [0.5, 0.6) is 5.88 Å². The summed E-state index contributed by atoms with van der Waals surface area (Å²) in [5.41, 5.74) is 1.99. The number of fused-ring (bicyclic) bond motifs is 1. The number of rotatable bonds is 6. The van der Waals surface area contributed by atoms with Gasteiger partial charge in [0, 0.05) is 30.6 Å². The Hall–Kier alpha value is -1.70. The summed E-state index contributed by atoms with van der Waals surface area (Å²) in [7, 11) is -1.48. The fourth-order valence-corrected chi connectivity index (χ4v) is 3.70. The van der Waals surface area contributed by atoms with E-state index < -0.39 is 10.0 Å². The SMILES string of the molecule is COc1nc2ccccc2cc1CN1CC[C@@H](CNS(C)(=O)=O)C1. The molecule has 1 saturated heterocycles. The molecule has 0 aliphatic carbocycles. The van der Waals surface area contributed by atoms with Crippen LogP contribution in [0.4, 0.5) is 0 Å². The Kier molecular flexibility index (Phi) is 5.03. The maximum absolute atomic E-state index is 11.2. The van der Waals surface area contributed by atoms with Gasteiger partial charge in [-0.05, 0) is 31.0 Å². The van der Waals surface area contributed by atoms with Gasteiger partial charge in [0.1, 0.15) is 0 Å². The molecule has 0 amide bonds. The zero-order valence-corrected chi connectivity index (χ0v) is 14.8. The Morgan fingerprint density at radius 1 is 1.38 bits per heavy atom. The summed E-state index contributed by atoms with van der Waals surface area (Å²) in [5, 5.41) is 1.10. The van der Waals surface area contributed by atoms with Crippen molar-refractivity contribution in [2.45, 2.75) is 13.0 Å². The normalized spacial score (nSPS) is 19.0. The molecule has 1 aliphatic heterocycles. The Balaban J connectivity index is 1.69. The van der Waals surface area contributed by atoms with Crippen LogP contribution in [0.15, 0.2) is 30.3 Å². The van der Waals surface area contributed by atoms with Crippen molar-refractivity contribution in [2.75, 3.05) is 33.0 Å². The van der Waals surface area contributed by atoms with Gasteiger partial charge in [0.2, 0.25) is 15.9 Å². The molecule has 0 saturated carbocycles. The molecular formula is C17H23N3O3S. The second kappa shape index (κ2) is 7.04. The van der Waals surface area contributed by atoms with Crippen LogP contribution in [-0.2, 0) is 16.6 Å². The van der Waals surface area contributed by atoms with Gasteiger partial charge < -0.3 is 4.74 Å². The molecule has 1 aromatic heterocycles. The van der Waals surface area contributed by atoms with E-state index in [0.717, 1.165) is 42.5 Å². The molecule has 0 bridgehead atoms. The lowest BCUT2D eigenvalue weighted by Gasteiger charge is -2.18. The van der Waals surface area contributed by atoms with E-state index in [4.69, 9.17) is 4.74 Å². The first-order valence-corrected chi connectivity index (χ1v) is 9.93. The van der Waals surface area contributed by atoms with Crippen molar-refractivity contribution < 1.29 is 13.2 Å². The third kappa shape index (κ3) is 4.23. The smallest absolute Gasteiger partial charge is 0.218 e. The number of hydrogen-bond acceptors (Lipinski definition) is 5. The van der Waals surface area contributed by atoms with E-state index in [1.807, 2.05) is 24.3 Å². The maximum Gasteiger partial charge on any atom is 0.218 e. The summed E-state index contributed by atoms with van der Waals surface area (Å²) in [5.74, 6) is 1.01. The first kappa shape index (κ1) is 17.1. The molecule has 7 heteroatoms. The number of aromatic nitrogens is 1. The van der Waals surface area contributed by atoms with Gasteiger partial charge in [-0.3, -0.25) is 4.90 Å². The van der Waals surface area contributed by atoms with Gasteiger partial charge in [-0.1, -0.05) is 18.2 Å². The van der Waals surface area contributed by atoms with Crippen molar-refractivity contribution in [1.82, 2.24) is 14.6 Å². The summed E-state index contributed by atoms with van der Waals surface area (Å²) >= 11 is 0. The predicted octanol–water partition coefficient (Wildman–Crippen LogP) is 1.61. The highest BCUT2D eigenvalue weighted by molar-refractivity contribution is 7.88. The molecule has 1 fully saturated rings. The summed E-state index contributed by atoms with van der Waals surface area (Å²) in [6.07, 6.45) is 2.19. The van der Waals surface area contributed by atoms with Gasteiger partial charge in [-0.25, -0.2) is 18.1 Å². The molecule has 0 radical (unpaired) electrons. The fraction of sp³-hybridized carbons (Fsp3) is 0.471. The van der Waals surface area contributed by atoms with Crippen LogP contribution < -0.4 is 9.46 Å². The first-order valence-electron chi connectivity index (χ1n) is 8.04. The third-order valence-corrected chi connectivity index (χ3v) is 5.05.